The van der Waals surface area contributed by atoms with E-state index in [0.717, 1.165) is 13.0 Å². The van der Waals surface area contributed by atoms with Gasteiger partial charge in [0.15, 0.2) is 0 Å². The van der Waals surface area contributed by atoms with Crippen LogP contribution in [-0.2, 0) is 0 Å². The summed E-state index contributed by atoms with van der Waals surface area (Å²) in [7, 11) is 0. The highest BCUT2D eigenvalue weighted by Gasteiger charge is 2.18. The van der Waals surface area contributed by atoms with Crippen LogP contribution in [0.5, 0.6) is 0 Å². The Bertz CT molecular complexity index is 74.9. The highest BCUT2D eigenvalue weighted by atomic mass is 16.3. The van der Waals surface area contributed by atoms with Crippen LogP contribution in [0.4, 0.5) is 0 Å². The van der Waals surface area contributed by atoms with Gasteiger partial charge in [-0.05, 0) is 19.3 Å². The van der Waals surface area contributed by atoms with Gasteiger partial charge in [0, 0.05) is 19.2 Å². The van der Waals surface area contributed by atoms with Crippen molar-refractivity contribution in [3.8, 4) is 0 Å². The van der Waals surface area contributed by atoms with Gasteiger partial charge in [-0.2, -0.15) is 0 Å². The van der Waals surface area contributed by atoms with Crippen LogP contribution in [0.25, 0.3) is 0 Å². The molecule has 1 aliphatic rings. The summed E-state index contributed by atoms with van der Waals surface area (Å²) in [6, 6.07) is 0.618. The first kappa shape index (κ1) is 6.05. The zero-order chi connectivity index (χ0) is 5.98. The van der Waals surface area contributed by atoms with Crippen LogP contribution in [0.15, 0.2) is 0 Å². The molecule has 2 N–H and O–H groups in total. The minimum atomic E-state index is 0.345. The third-order valence-corrected chi connectivity index (χ3v) is 1.70. The monoisotopic (exact) mass is 115 g/mol. The van der Waals surface area contributed by atoms with E-state index in [1.54, 1.807) is 0 Å². The lowest BCUT2D eigenvalue weighted by Gasteiger charge is -1.99. The normalized spacial score (nSPS) is 38.2. The largest absolute Gasteiger partial charge is 0.396 e. The van der Waals surface area contributed by atoms with Crippen molar-refractivity contribution in [2.75, 3.05) is 13.2 Å². The molecule has 2 unspecified atom stereocenters. The molecule has 0 aromatic carbocycles. The molecule has 1 aliphatic heterocycles. The average molecular weight is 115 g/mol. The van der Waals surface area contributed by atoms with Crippen LogP contribution in [0, 0.1) is 5.92 Å². The van der Waals surface area contributed by atoms with E-state index in [1.165, 1.54) is 0 Å². The van der Waals surface area contributed by atoms with E-state index >= 15 is 0 Å². The Morgan fingerprint density at radius 2 is 2.50 bits per heavy atom. The molecule has 2 atom stereocenters. The Balaban J connectivity index is 2.22. The summed E-state index contributed by atoms with van der Waals surface area (Å²) in [5, 5.41) is 11.9. The summed E-state index contributed by atoms with van der Waals surface area (Å²) in [4.78, 5) is 0. The maximum absolute atomic E-state index is 8.64. The fourth-order valence-corrected chi connectivity index (χ4v) is 1.17. The van der Waals surface area contributed by atoms with E-state index < -0.39 is 0 Å². The van der Waals surface area contributed by atoms with Crippen molar-refractivity contribution in [3.05, 3.63) is 0 Å². The van der Waals surface area contributed by atoms with E-state index in [0.29, 0.717) is 18.6 Å². The molecule has 0 radical (unpaired) electrons. The summed E-state index contributed by atoms with van der Waals surface area (Å²) in [5.74, 6) is 0.519. The average Bonchev–Trinajstić information content (AvgIpc) is 2.14. The fraction of sp³-hybridized carbons (Fsp3) is 1.00. The zero-order valence-corrected chi connectivity index (χ0v) is 5.22. The molecule has 0 saturated carbocycles. The van der Waals surface area contributed by atoms with Gasteiger partial charge in [-0.15, -0.1) is 0 Å². The zero-order valence-electron chi connectivity index (χ0n) is 5.22. The lowest BCUT2D eigenvalue weighted by molar-refractivity contribution is 0.236. The smallest absolute Gasteiger partial charge is 0.0471 e. The quantitative estimate of drug-likeness (QED) is 0.503. The topological polar surface area (TPSA) is 32.3 Å². The van der Waals surface area contributed by atoms with Crippen molar-refractivity contribution in [1.29, 1.82) is 0 Å². The Morgan fingerprint density at radius 3 is 2.75 bits per heavy atom. The van der Waals surface area contributed by atoms with Crippen LogP contribution in [0.1, 0.15) is 13.3 Å². The van der Waals surface area contributed by atoms with Crippen LogP contribution in [0.2, 0.25) is 0 Å². The van der Waals surface area contributed by atoms with E-state index in [1.807, 2.05) is 0 Å². The lowest BCUT2D eigenvalue weighted by atomic mass is 10.1. The number of aliphatic hydroxyl groups is 1. The first-order valence-corrected chi connectivity index (χ1v) is 3.17. The minimum absolute atomic E-state index is 0.345. The van der Waals surface area contributed by atoms with Gasteiger partial charge >= 0.3 is 0 Å². The van der Waals surface area contributed by atoms with Crippen LogP contribution in [-0.4, -0.2) is 24.3 Å². The lowest BCUT2D eigenvalue weighted by Crippen LogP contribution is -2.17. The number of hydrogen-bond acceptors (Lipinski definition) is 2. The molecule has 48 valence electrons. The number of nitrogens with one attached hydrogen (secondary N) is 1. The SMILES string of the molecule is CC1CC(CO)CN1. The number of hydrogen-bond donors (Lipinski definition) is 2. The van der Waals surface area contributed by atoms with Crippen molar-refractivity contribution >= 4 is 0 Å². The molecular formula is C6H13NO. The van der Waals surface area contributed by atoms with Crippen LogP contribution >= 0.6 is 0 Å². The van der Waals surface area contributed by atoms with Gasteiger partial charge in [0.1, 0.15) is 0 Å². The van der Waals surface area contributed by atoms with Crippen molar-refractivity contribution in [1.82, 2.24) is 5.32 Å². The second-order valence-corrected chi connectivity index (χ2v) is 2.59. The van der Waals surface area contributed by atoms with Crippen LogP contribution < -0.4 is 5.32 Å². The van der Waals surface area contributed by atoms with E-state index in [2.05, 4.69) is 12.2 Å². The van der Waals surface area contributed by atoms with Gasteiger partial charge in [-0.1, -0.05) is 0 Å². The van der Waals surface area contributed by atoms with Gasteiger partial charge in [-0.3, -0.25) is 0 Å². The number of aliphatic hydroxyl groups excluding tert-OH is 1. The molecule has 0 spiro atoms. The molecule has 1 heterocycles. The molecule has 2 heteroatoms. The van der Waals surface area contributed by atoms with E-state index in [4.69, 9.17) is 5.11 Å². The molecule has 0 bridgehead atoms. The molecular weight excluding hydrogens is 102 g/mol. The molecule has 2 nitrogen and oxygen atoms in total. The second kappa shape index (κ2) is 2.46. The van der Waals surface area contributed by atoms with Crippen LogP contribution in [0.3, 0.4) is 0 Å². The van der Waals surface area contributed by atoms with Gasteiger partial charge in [0.2, 0.25) is 0 Å². The molecule has 0 aromatic heterocycles. The predicted octanol–water partition coefficient (Wildman–Crippen LogP) is -0.0233. The summed E-state index contributed by atoms with van der Waals surface area (Å²) in [6.45, 7) is 3.49. The van der Waals surface area contributed by atoms with Crippen molar-refractivity contribution in [3.63, 3.8) is 0 Å². The fourth-order valence-electron chi connectivity index (χ4n) is 1.17. The van der Waals surface area contributed by atoms with Gasteiger partial charge in [-0.25, -0.2) is 0 Å². The van der Waals surface area contributed by atoms with Crippen molar-refractivity contribution in [2.45, 2.75) is 19.4 Å². The maximum atomic E-state index is 8.64. The summed E-state index contributed by atoms with van der Waals surface area (Å²) >= 11 is 0. The Hall–Kier alpha value is -0.0800. The van der Waals surface area contributed by atoms with Gasteiger partial charge in [0.25, 0.3) is 0 Å². The summed E-state index contributed by atoms with van der Waals surface area (Å²) < 4.78 is 0. The summed E-state index contributed by atoms with van der Waals surface area (Å²) in [6.07, 6.45) is 1.14. The first-order chi connectivity index (χ1) is 3.83. The number of rotatable bonds is 1. The molecule has 1 rings (SSSR count). The minimum Gasteiger partial charge on any atom is -0.396 e. The van der Waals surface area contributed by atoms with Gasteiger partial charge < -0.3 is 10.4 Å². The standard InChI is InChI=1S/C6H13NO/c1-5-2-6(4-8)3-7-5/h5-8H,2-4H2,1H3. The summed E-state index contributed by atoms with van der Waals surface area (Å²) in [5.41, 5.74) is 0. The van der Waals surface area contributed by atoms with E-state index in [-0.39, 0.29) is 0 Å². The molecule has 0 aromatic rings. The third-order valence-electron chi connectivity index (χ3n) is 1.70. The Labute approximate surface area is 49.9 Å². The predicted molar refractivity (Wildman–Crippen MR) is 32.7 cm³/mol. The maximum Gasteiger partial charge on any atom is 0.0471 e. The third kappa shape index (κ3) is 1.20. The highest BCUT2D eigenvalue weighted by Crippen LogP contribution is 2.11. The van der Waals surface area contributed by atoms with E-state index in [9.17, 15) is 0 Å². The molecule has 8 heavy (non-hydrogen) atoms. The Kier molecular flexibility index (Phi) is 1.86. The highest BCUT2D eigenvalue weighted by molar-refractivity contribution is 4.76. The van der Waals surface area contributed by atoms with Crippen molar-refractivity contribution < 1.29 is 5.11 Å². The molecule has 0 amide bonds. The second-order valence-electron chi connectivity index (χ2n) is 2.59. The molecule has 1 fully saturated rings. The molecule has 0 aliphatic carbocycles. The van der Waals surface area contributed by atoms with Crippen molar-refractivity contribution in [2.24, 2.45) is 5.92 Å². The van der Waals surface area contributed by atoms with Gasteiger partial charge in [0.05, 0.1) is 0 Å². The first-order valence-electron chi connectivity index (χ1n) is 3.17. The Morgan fingerprint density at radius 1 is 1.75 bits per heavy atom. The molecule has 1 saturated heterocycles.